The summed E-state index contributed by atoms with van der Waals surface area (Å²) in [6.07, 6.45) is 2.46. The van der Waals surface area contributed by atoms with E-state index in [9.17, 15) is 13.2 Å². The van der Waals surface area contributed by atoms with E-state index in [4.69, 9.17) is 0 Å². The fraction of sp³-hybridized carbons (Fsp3) is 0.476. The number of piperidine rings is 1. The Morgan fingerprint density at radius 2 is 1.96 bits per heavy atom. The molecular formula is C21H28N2O3S2. The van der Waals surface area contributed by atoms with Crippen LogP contribution in [0.1, 0.15) is 49.5 Å². The molecule has 0 saturated carbocycles. The number of nitrogens with one attached hydrogen (secondary N) is 1. The third-order valence-corrected chi connectivity index (χ3v) is 8.76. The number of carbonyl (C=O) groups is 1. The van der Waals surface area contributed by atoms with Gasteiger partial charge in [0.2, 0.25) is 5.91 Å². The monoisotopic (exact) mass is 420 g/mol. The second-order valence-electron chi connectivity index (χ2n) is 7.49. The predicted molar refractivity (Wildman–Crippen MR) is 114 cm³/mol. The number of rotatable bonds is 6. The average molecular weight is 421 g/mol. The van der Waals surface area contributed by atoms with Crippen molar-refractivity contribution in [3.63, 3.8) is 0 Å². The molecule has 2 aromatic rings. The van der Waals surface area contributed by atoms with E-state index >= 15 is 0 Å². The summed E-state index contributed by atoms with van der Waals surface area (Å²) in [6, 6.07) is 11.4. The number of carbonyl (C=O) groups excluding carboxylic acids is 1. The zero-order chi connectivity index (χ0) is 20.3. The minimum absolute atomic E-state index is 0.112. The molecule has 7 heteroatoms. The number of benzene rings is 1. The lowest BCUT2D eigenvalue weighted by atomic mass is 9.97. The Morgan fingerprint density at radius 1 is 1.25 bits per heavy atom. The fourth-order valence-electron chi connectivity index (χ4n) is 3.43. The number of hydrogen-bond donors (Lipinski definition) is 1. The predicted octanol–water partition coefficient (Wildman–Crippen LogP) is 4.61. The number of hydrogen-bond acceptors (Lipinski definition) is 4. The molecule has 1 aromatic carbocycles. The first-order chi connectivity index (χ1) is 13.3. The molecule has 0 aliphatic carbocycles. The zero-order valence-electron chi connectivity index (χ0n) is 16.6. The van der Waals surface area contributed by atoms with Crippen molar-refractivity contribution in [2.24, 2.45) is 5.92 Å². The Balaban J connectivity index is 1.66. The molecule has 152 valence electrons. The van der Waals surface area contributed by atoms with Crippen LogP contribution in [0.15, 0.2) is 40.6 Å². The molecule has 0 unspecified atom stereocenters. The summed E-state index contributed by atoms with van der Waals surface area (Å²) in [5, 5.41) is 2.95. The van der Waals surface area contributed by atoms with Crippen molar-refractivity contribution in [2.45, 2.75) is 50.2 Å². The van der Waals surface area contributed by atoms with Gasteiger partial charge in [-0.15, -0.1) is 11.3 Å². The quantitative estimate of drug-likeness (QED) is 0.742. The highest BCUT2D eigenvalue weighted by Crippen LogP contribution is 2.29. The van der Waals surface area contributed by atoms with Gasteiger partial charge in [-0.05, 0) is 61.9 Å². The SMILES string of the molecule is CC[C@H](C)c1ccc(NC(=O)[C@@H]2CCCN(S(=O)(=O)c3ccc(C)s3)C2)cc1. The smallest absolute Gasteiger partial charge is 0.252 e. The van der Waals surface area contributed by atoms with Gasteiger partial charge >= 0.3 is 0 Å². The second-order valence-corrected chi connectivity index (χ2v) is 10.9. The summed E-state index contributed by atoms with van der Waals surface area (Å²) >= 11 is 1.28. The van der Waals surface area contributed by atoms with Crippen LogP contribution in [0, 0.1) is 12.8 Å². The number of aryl methyl sites for hydroxylation is 1. The van der Waals surface area contributed by atoms with Gasteiger partial charge in [0, 0.05) is 23.7 Å². The largest absolute Gasteiger partial charge is 0.326 e. The molecule has 28 heavy (non-hydrogen) atoms. The van der Waals surface area contributed by atoms with Crippen molar-refractivity contribution in [1.29, 1.82) is 0 Å². The normalized spacial score (nSPS) is 19.3. The van der Waals surface area contributed by atoms with Gasteiger partial charge in [-0.25, -0.2) is 8.42 Å². The molecule has 1 aliphatic heterocycles. The van der Waals surface area contributed by atoms with E-state index < -0.39 is 10.0 Å². The van der Waals surface area contributed by atoms with Crippen molar-refractivity contribution in [2.75, 3.05) is 18.4 Å². The summed E-state index contributed by atoms with van der Waals surface area (Å²) in [4.78, 5) is 13.7. The average Bonchev–Trinajstić information content (AvgIpc) is 3.15. The van der Waals surface area contributed by atoms with E-state index in [1.807, 2.05) is 37.3 Å². The Bertz CT molecular complexity index is 919. The molecule has 1 amide bonds. The Hall–Kier alpha value is -1.70. The van der Waals surface area contributed by atoms with Crippen LogP contribution in [0.5, 0.6) is 0 Å². The van der Waals surface area contributed by atoms with E-state index in [0.717, 1.165) is 17.0 Å². The third-order valence-electron chi connectivity index (χ3n) is 5.42. The second kappa shape index (κ2) is 8.76. The lowest BCUT2D eigenvalue weighted by molar-refractivity contribution is -0.120. The van der Waals surface area contributed by atoms with Crippen molar-refractivity contribution >= 4 is 33.0 Å². The van der Waals surface area contributed by atoms with Crippen molar-refractivity contribution < 1.29 is 13.2 Å². The maximum atomic E-state index is 12.9. The van der Waals surface area contributed by atoms with E-state index in [-0.39, 0.29) is 18.4 Å². The molecule has 0 bridgehead atoms. The molecule has 5 nitrogen and oxygen atoms in total. The van der Waals surface area contributed by atoms with Gasteiger partial charge < -0.3 is 5.32 Å². The lowest BCUT2D eigenvalue weighted by Gasteiger charge is -2.30. The van der Waals surface area contributed by atoms with Crippen molar-refractivity contribution in [1.82, 2.24) is 4.31 Å². The van der Waals surface area contributed by atoms with Gasteiger partial charge in [-0.1, -0.05) is 26.0 Å². The summed E-state index contributed by atoms with van der Waals surface area (Å²) in [5.74, 6) is 0.0418. The molecule has 1 aromatic heterocycles. The van der Waals surface area contributed by atoms with Crippen LogP contribution >= 0.6 is 11.3 Å². The van der Waals surface area contributed by atoms with Gasteiger partial charge in [0.15, 0.2) is 0 Å². The number of nitrogens with zero attached hydrogens (tertiary/aromatic N) is 1. The van der Waals surface area contributed by atoms with Gasteiger partial charge in [-0.2, -0.15) is 4.31 Å². The van der Waals surface area contributed by atoms with Crippen LogP contribution in [0.3, 0.4) is 0 Å². The van der Waals surface area contributed by atoms with Gasteiger partial charge in [0.25, 0.3) is 10.0 Å². The molecular weight excluding hydrogens is 392 g/mol. The van der Waals surface area contributed by atoms with Crippen LogP contribution in [-0.4, -0.2) is 31.7 Å². The molecule has 2 heterocycles. The Kier molecular flexibility index (Phi) is 6.58. The van der Waals surface area contributed by atoms with Crippen molar-refractivity contribution in [3.8, 4) is 0 Å². The summed E-state index contributed by atoms with van der Waals surface area (Å²) in [5.41, 5.74) is 2.01. The highest BCUT2D eigenvalue weighted by Gasteiger charge is 2.34. The maximum absolute atomic E-state index is 12.9. The lowest BCUT2D eigenvalue weighted by Crippen LogP contribution is -2.43. The molecule has 0 spiro atoms. The summed E-state index contributed by atoms with van der Waals surface area (Å²) < 4.78 is 27.5. The highest BCUT2D eigenvalue weighted by molar-refractivity contribution is 7.91. The topological polar surface area (TPSA) is 66.5 Å². The first kappa shape index (κ1) is 21.0. The minimum Gasteiger partial charge on any atom is -0.326 e. The summed E-state index contributed by atoms with van der Waals surface area (Å²) in [6.45, 7) is 6.92. The standard InChI is InChI=1S/C21H28N2O3S2/c1-4-15(2)17-8-10-19(11-9-17)22-21(24)18-6-5-13-23(14-18)28(25,26)20-12-7-16(3)27-20/h7-12,15,18H,4-6,13-14H2,1-3H3,(H,22,24)/t15-,18+/m0/s1. The number of amides is 1. The summed E-state index contributed by atoms with van der Waals surface area (Å²) in [7, 11) is -3.53. The minimum atomic E-state index is -3.53. The van der Waals surface area contributed by atoms with Crippen molar-refractivity contribution in [3.05, 3.63) is 46.8 Å². The van der Waals surface area contributed by atoms with Crippen LogP contribution in [0.25, 0.3) is 0 Å². The van der Waals surface area contributed by atoms with Gasteiger partial charge in [0.05, 0.1) is 5.92 Å². The molecule has 3 rings (SSSR count). The molecule has 1 saturated heterocycles. The van der Waals surface area contributed by atoms with Crippen LogP contribution in [-0.2, 0) is 14.8 Å². The Labute approximate surface area is 171 Å². The Morgan fingerprint density at radius 3 is 2.57 bits per heavy atom. The zero-order valence-corrected chi connectivity index (χ0v) is 18.3. The first-order valence-electron chi connectivity index (χ1n) is 9.78. The molecule has 1 aliphatic rings. The van der Waals surface area contributed by atoms with Crippen LogP contribution < -0.4 is 5.32 Å². The third kappa shape index (κ3) is 4.64. The fourth-order valence-corrected chi connectivity index (χ4v) is 6.39. The maximum Gasteiger partial charge on any atom is 0.252 e. The molecule has 1 fully saturated rings. The van der Waals surface area contributed by atoms with Crippen LogP contribution in [0.2, 0.25) is 0 Å². The molecule has 1 N–H and O–H groups in total. The van der Waals surface area contributed by atoms with E-state index in [0.29, 0.717) is 29.5 Å². The molecule has 0 radical (unpaired) electrons. The van der Waals surface area contributed by atoms with E-state index in [1.54, 1.807) is 6.07 Å². The van der Waals surface area contributed by atoms with Gasteiger partial charge in [0.1, 0.15) is 4.21 Å². The molecule has 2 atom stereocenters. The van der Waals surface area contributed by atoms with E-state index in [1.165, 1.54) is 21.2 Å². The number of thiophene rings is 1. The van der Waals surface area contributed by atoms with Crippen LogP contribution in [0.4, 0.5) is 5.69 Å². The first-order valence-corrected chi connectivity index (χ1v) is 12.0. The number of anilines is 1. The number of sulfonamides is 1. The highest BCUT2D eigenvalue weighted by atomic mass is 32.2. The van der Waals surface area contributed by atoms with Gasteiger partial charge in [-0.3, -0.25) is 4.79 Å². The van der Waals surface area contributed by atoms with E-state index in [2.05, 4.69) is 19.2 Å².